The summed E-state index contributed by atoms with van der Waals surface area (Å²) in [5, 5.41) is 3.05. The number of ether oxygens (including phenoxy) is 1. The first-order valence-electron chi connectivity index (χ1n) is 6.55. The van der Waals surface area contributed by atoms with Crippen LogP contribution in [0.2, 0.25) is 0 Å². The average Bonchev–Trinajstić information content (AvgIpc) is 2.54. The molecule has 0 saturated heterocycles. The van der Waals surface area contributed by atoms with Crippen LogP contribution in [-0.2, 0) is 6.54 Å². The molecule has 0 bridgehead atoms. The van der Waals surface area contributed by atoms with Gasteiger partial charge < -0.3 is 15.8 Å². The second-order valence-electron chi connectivity index (χ2n) is 4.40. The highest BCUT2D eigenvalue weighted by Crippen LogP contribution is 2.16. The molecule has 0 fully saturated rings. The Labute approximate surface area is 152 Å². The molecule has 2 aromatic rings. The molecule has 22 heavy (non-hydrogen) atoms. The van der Waals surface area contributed by atoms with Crippen molar-refractivity contribution in [2.45, 2.75) is 11.4 Å². The number of nitrogens with one attached hydrogen (secondary N) is 1. The Morgan fingerprint density at radius 2 is 1.77 bits per heavy atom. The van der Waals surface area contributed by atoms with Gasteiger partial charge in [0, 0.05) is 10.6 Å². The summed E-state index contributed by atoms with van der Waals surface area (Å²) in [7, 11) is 1.64. The van der Waals surface area contributed by atoms with Crippen LogP contribution < -0.4 is 15.8 Å². The van der Waals surface area contributed by atoms with Gasteiger partial charge >= 0.3 is 0 Å². The molecule has 2 aromatic carbocycles. The normalized spacial score (nSPS) is 10.7. The van der Waals surface area contributed by atoms with Crippen molar-refractivity contribution in [3.05, 3.63) is 54.1 Å². The van der Waals surface area contributed by atoms with Crippen molar-refractivity contribution in [3.8, 4) is 5.75 Å². The molecular formula is C16H20IN3OS. The van der Waals surface area contributed by atoms with E-state index < -0.39 is 0 Å². The van der Waals surface area contributed by atoms with E-state index in [1.807, 2.05) is 24.3 Å². The number of rotatable bonds is 5. The number of anilines is 1. The van der Waals surface area contributed by atoms with Crippen LogP contribution in [0.15, 0.2) is 58.4 Å². The van der Waals surface area contributed by atoms with Gasteiger partial charge in [-0.05, 0) is 48.2 Å². The minimum Gasteiger partial charge on any atom is -0.497 e. The summed E-state index contributed by atoms with van der Waals surface area (Å²) in [4.78, 5) is 5.58. The van der Waals surface area contributed by atoms with Crippen molar-refractivity contribution in [2.24, 2.45) is 10.7 Å². The summed E-state index contributed by atoms with van der Waals surface area (Å²) in [6, 6.07) is 15.8. The molecule has 2 rings (SSSR count). The van der Waals surface area contributed by atoms with E-state index in [1.54, 1.807) is 18.9 Å². The van der Waals surface area contributed by atoms with Crippen LogP contribution in [-0.4, -0.2) is 19.3 Å². The lowest BCUT2D eigenvalue weighted by Crippen LogP contribution is -2.22. The third-order valence-electron chi connectivity index (χ3n) is 2.95. The van der Waals surface area contributed by atoms with E-state index in [9.17, 15) is 0 Å². The molecule has 0 radical (unpaired) electrons. The molecule has 0 aliphatic heterocycles. The molecule has 0 heterocycles. The van der Waals surface area contributed by atoms with Crippen LogP contribution in [0.1, 0.15) is 5.56 Å². The van der Waals surface area contributed by atoms with Gasteiger partial charge in [-0.15, -0.1) is 35.7 Å². The van der Waals surface area contributed by atoms with E-state index in [0.717, 1.165) is 17.0 Å². The highest BCUT2D eigenvalue weighted by Gasteiger charge is 1.97. The Balaban J connectivity index is 0.00000242. The first kappa shape index (κ1) is 18.6. The van der Waals surface area contributed by atoms with E-state index >= 15 is 0 Å². The van der Waals surface area contributed by atoms with Crippen LogP contribution >= 0.6 is 35.7 Å². The number of hydrogen-bond donors (Lipinski definition) is 2. The van der Waals surface area contributed by atoms with Crippen LogP contribution in [0.4, 0.5) is 5.69 Å². The fraction of sp³-hybridized carbons (Fsp3) is 0.188. The van der Waals surface area contributed by atoms with Crippen molar-refractivity contribution in [1.29, 1.82) is 0 Å². The fourth-order valence-electron chi connectivity index (χ4n) is 1.77. The molecule has 0 spiro atoms. The SMILES string of the molecule is COc1ccc(NC(N)=NCc2ccc(SC)cc2)cc1.I. The number of hydrogen-bond acceptors (Lipinski definition) is 3. The third-order valence-corrected chi connectivity index (χ3v) is 3.70. The Morgan fingerprint density at radius 1 is 1.14 bits per heavy atom. The summed E-state index contributed by atoms with van der Waals surface area (Å²) >= 11 is 1.72. The number of benzene rings is 2. The van der Waals surface area contributed by atoms with Crippen molar-refractivity contribution >= 4 is 47.4 Å². The largest absolute Gasteiger partial charge is 0.497 e. The summed E-state index contributed by atoms with van der Waals surface area (Å²) in [6.45, 7) is 0.559. The van der Waals surface area contributed by atoms with Gasteiger partial charge in [-0.1, -0.05) is 12.1 Å². The molecule has 0 atom stereocenters. The Hall–Kier alpha value is -1.41. The minimum absolute atomic E-state index is 0. The topological polar surface area (TPSA) is 59.6 Å². The molecule has 0 unspecified atom stereocenters. The predicted molar refractivity (Wildman–Crippen MR) is 106 cm³/mol. The first-order chi connectivity index (χ1) is 10.2. The van der Waals surface area contributed by atoms with Gasteiger partial charge in [-0.2, -0.15) is 0 Å². The zero-order valence-electron chi connectivity index (χ0n) is 12.6. The molecular weight excluding hydrogens is 409 g/mol. The smallest absolute Gasteiger partial charge is 0.193 e. The Kier molecular flexibility index (Phi) is 8.11. The van der Waals surface area contributed by atoms with Gasteiger partial charge in [0.1, 0.15) is 5.75 Å². The molecule has 0 aromatic heterocycles. The lowest BCUT2D eigenvalue weighted by atomic mass is 10.2. The number of halogens is 1. The van der Waals surface area contributed by atoms with Gasteiger partial charge in [0.25, 0.3) is 0 Å². The number of aliphatic imine (C=N–C) groups is 1. The molecule has 0 saturated carbocycles. The second-order valence-corrected chi connectivity index (χ2v) is 5.28. The highest BCUT2D eigenvalue weighted by atomic mass is 127. The summed E-state index contributed by atoms with van der Waals surface area (Å²) in [6.07, 6.45) is 2.06. The number of nitrogens with zero attached hydrogens (tertiary/aromatic N) is 1. The van der Waals surface area contributed by atoms with Crippen molar-refractivity contribution in [2.75, 3.05) is 18.7 Å². The summed E-state index contributed by atoms with van der Waals surface area (Å²) in [5.41, 5.74) is 7.90. The summed E-state index contributed by atoms with van der Waals surface area (Å²) < 4.78 is 5.11. The maximum Gasteiger partial charge on any atom is 0.193 e. The number of guanidine groups is 1. The monoisotopic (exact) mass is 429 g/mol. The maximum absolute atomic E-state index is 5.88. The number of nitrogens with two attached hydrogens (primary N) is 1. The van der Waals surface area contributed by atoms with Crippen LogP contribution in [0.5, 0.6) is 5.75 Å². The maximum atomic E-state index is 5.88. The van der Waals surface area contributed by atoms with Gasteiger partial charge in [0.15, 0.2) is 5.96 Å². The quantitative estimate of drug-likeness (QED) is 0.327. The average molecular weight is 429 g/mol. The van der Waals surface area contributed by atoms with Crippen molar-refractivity contribution in [3.63, 3.8) is 0 Å². The minimum atomic E-state index is 0. The number of thioether (sulfide) groups is 1. The van der Waals surface area contributed by atoms with Gasteiger partial charge in [-0.25, -0.2) is 4.99 Å². The van der Waals surface area contributed by atoms with E-state index in [1.165, 1.54) is 4.90 Å². The van der Waals surface area contributed by atoms with E-state index in [4.69, 9.17) is 10.5 Å². The molecule has 4 nitrogen and oxygen atoms in total. The van der Waals surface area contributed by atoms with Crippen molar-refractivity contribution < 1.29 is 4.74 Å². The second kappa shape index (κ2) is 9.58. The predicted octanol–water partition coefficient (Wildman–Crippen LogP) is 3.96. The standard InChI is InChI=1S/C16H19N3OS.HI/c1-20-14-7-5-13(6-8-14)19-16(17)18-11-12-3-9-15(21-2)10-4-12;/h3-10H,11H2,1-2H3,(H3,17,18,19);1H. The molecule has 118 valence electrons. The van der Waals surface area contributed by atoms with Crippen LogP contribution in [0, 0.1) is 0 Å². The molecule has 0 aliphatic carbocycles. The van der Waals surface area contributed by atoms with E-state index in [-0.39, 0.29) is 24.0 Å². The molecule has 0 amide bonds. The van der Waals surface area contributed by atoms with Gasteiger partial charge in [0.05, 0.1) is 13.7 Å². The highest BCUT2D eigenvalue weighted by molar-refractivity contribution is 14.0. The Morgan fingerprint density at radius 3 is 2.32 bits per heavy atom. The fourth-order valence-corrected chi connectivity index (χ4v) is 2.18. The van der Waals surface area contributed by atoms with Crippen LogP contribution in [0.3, 0.4) is 0 Å². The van der Waals surface area contributed by atoms with Crippen molar-refractivity contribution in [1.82, 2.24) is 0 Å². The first-order valence-corrected chi connectivity index (χ1v) is 7.77. The lowest BCUT2D eigenvalue weighted by molar-refractivity contribution is 0.415. The molecule has 6 heteroatoms. The zero-order valence-corrected chi connectivity index (χ0v) is 15.7. The zero-order chi connectivity index (χ0) is 15.1. The lowest BCUT2D eigenvalue weighted by Gasteiger charge is -2.07. The van der Waals surface area contributed by atoms with Gasteiger partial charge in [0.2, 0.25) is 0 Å². The van der Waals surface area contributed by atoms with Gasteiger partial charge in [-0.3, -0.25) is 0 Å². The number of methoxy groups -OCH3 is 1. The third kappa shape index (κ3) is 5.76. The molecule has 3 N–H and O–H groups in total. The Bertz CT molecular complexity index is 600. The molecule has 0 aliphatic rings. The summed E-state index contributed by atoms with van der Waals surface area (Å²) in [5.74, 6) is 1.21. The van der Waals surface area contributed by atoms with E-state index in [0.29, 0.717) is 12.5 Å². The van der Waals surface area contributed by atoms with Crippen LogP contribution in [0.25, 0.3) is 0 Å². The van der Waals surface area contributed by atoms with E-state index in [2.05, 4.69) is 40.8 Å².